The van der Waals surface area contributed by atoms with Crippen LogP contribution >= 0.6 is 0 Å². The number of fused-ring (bicyclic) bond motifs is 1. The van der Waals surface area contributed by atoms with Crippen LogP contribution in [-0.4, -0.2) is 68.6 Å². The molecule has 212 valence electrons. The molecule has 0 saturated carbocycles. The zero-order chi connectivity index (χ0) is 28.8. The highest BCUT2D eigenvalue weighted by atomic mass is 19.4. The van der Waals surface area contributed by atoms with Gasteiger partial charge in [0.05, 0.1) is 23.8 Å². The molecule has 0 bridgehead atoms. The van der Waals surface area contributed by atoms with E-state index in [9.17, 15) is 40.3 Å². The summed E-state index contributed by atoms with van der Waals surface area (Å²) in [6.07, 6.45) is -8.14. The molecule has 1 unspecified atom stereocenters. The van der Waals surface area contributed by atoms with Crippen molar-refractivity contribution in [2.45, 2.75) is 24.9 Å². The van der Waals surface area contributed by atoms with Crippen LogP contribution in [0.4, 0.5) is 36.7 Å². The van der Waals surface area contributed by atoms with Gasteiger partial charge in [-0.15, -0.1) is 0 Å². The summed E-state index contributed by atoms with van der Waals surface area (Å²) in [5, 5.41) is 5.66. The van der Waals surface area contributed by atoms with Crippen LogP contribution in [0.5, 0.6) is 0 Å². The first-order valence-electron chi connectivity index (χ1n) is 11.9. The molecule has 9 nitrogen and oxygen atoms in total. The molecular weight excluding hydrogens is 551 g/mol. The van der Waals surface area contributed by atoms with E-state index in [-0.39, 0.29) is 56.8 Å². The minimum absolute atomic E-state index is 0.0466. The van der Waals surface area contributed by atoms with E-state index in [0.717, 1.165) is 6.07 Å². The van der Waals surface area contributed by atoms with Crippen LogP contribution in [0.15, 0.2) is 41.5 Å². The van der Waals surface area contributed by atoms with Crippen LogP contribution in [0.1, 0.15) is 34.0 Å². The number of aromatic nitrogens is 4. The number of hydrogen-bond donors (Lipinski definition) is 1. The van der Waals surface area contributed by atoms with Crippen LogP contribution in [-0.2, 0) is 23.7 Å². The number of carbonyl (C=O) groups excluding carboxylic acids is 1. The Morgan fingerprint density at radius 3 is 2.27 bits per heavy atom. The summed E-state index contributed by atoms with van der Waals surface area (Å²) in [5.41, 5.74) is -3.08. The number of amides is 1. The van der Waals surface area contributed by atoms with E-state index >= 15 is 0 Å². The number of H-pyrrole nitrogens is 1. The second-order valence-electron chi connectivity index (χ2n) is 9.32. The number of halogens is 7. The Morgan fingerprint density at radius 2 is 1.65 bits per heavy atom. The normalized spacial score (nSPS) is 18.2. The van der Waals surface area contributed by atoms with E-state index < -0.39 is 40.9 Å². The fraction of sp³-hybridized carbons (Fsp3) is 0.375. The Labute approximate surface area is 221 Å². The molecule has 0 radical (unpaired) electrons. The summed E-state index contributed by atoms with van der Waals surface area (Å²) >= 11 is 0. The summed E-state index contributed by atoms with van der Waals surface area (Å²) in [6, 6.07) is 3.45. The first-order chi connectivity index (χ1) is 18.8. The van der Waals surface area contributed by atoms with Crippen molar-refractivity contribution < 1.29 is 35.5 Å². The molecule has 1 fully saturated rings. The van der Waals surface area contributed by atoms with Gasteiger partial charge in [0.2, 0.25) is 11.9 Å². The zero-order valence-corrected chi connectivity index (χ0v) is 20.4. The predicted molar refractivity (Wildman–Crippen MR) is 124 cm³/mol. The van der Waals surface area contributed by atoms with E-state index in [1.165, 1.54) is 17.0 Å². The van der Waals surface area contributed by atoms with Crippen LogP contribution in [0.2, 0.25) is 0 Å². The smallest absolute Gasteiger partial charge is 0.338 e. The number of nitrogens with one attached hydrogen (secondary N) is 1. The predicted octanol–water partition coefficient (Wildman–Crippen LogP) is 2.99. The molecule has 16 heteroatoms. The summed E-state index contributed by atoms with van der Waals surface area (Å²) in [5.74, 6) is -0.841. The third-order valence-corrected chi connectivity index (χ3v) is 6.77. The second-order valence-corrected chi connectivity index (χ2v) is 9.32. The highest BCUT2D eigenvalue weighted by Gasteiger charge is 2.39. The van der Waals surface area contributed by atoms with Gasteiger partial charge in [-0.3, -0.25) is 14.5 Å². The molecular formula is C24H20F7N7O2. The van der Waals surface area contributed by atoms with Gasteiger partial charge in [0.1, 0.15) is 11.4 Å². The van der Waals surface area contributed by atoms with Crippen LogP contribution in [0.3, 0.4) is 0 Å². The van der Waals surface area contributed by atoms with Crippen molar-refractivity contribution in [2.75, 3.05) is 37.6 Å². The SMILES string of the molecule is O=C(CN1Cc2cc(F)ccc2C1c1cc(C(F)(F)F)c(=O)[nH]n1)N1CCN(c2ncc(C(F)(F)F)cn2)CC1. The van der Waals surface area contributed by atoms with Gasteiger partial charge in [0, 0.05) is 45.1 Å². The molecule has 1 saturated heterocycles. The van der Waals surface area contributed by atoms with Crippen LogP contribution < -0.4 is 10.5 Å². The Bertz CT molecular complexity index is 1470. The topological polar surface area (TPSA) is 98.3 Å². The average Bonchev–Trinajstić information content (AvgIpc) is 3.24. The maximum atomic E-state index is 13.9. The monoisotopic (exact) mass is 571 g/mol. The molecule has 2 aliphatic heterocycles. The van der Waals surface area contributed by atoms with Gasteiger partial charge in [-0.05, 0) is 29.3 Å². The number of hydrogen-bond acceptors (Lipinski definition) is 7. The van der Waals surface area contributed by atoms with Gasteiger partial charge in [0.15, 0.2) is 0 Å². The van der Waals surface area contributed by atoms with Gasteiger partial charge in [0.25, 0.3) is 5.56 Å². The molecule has 1 amide bonds. The number of anilines is 1. The molecule has 1 atom stereocenters. The molecule has 2 aromatic heterocycles. The van der Waals surface area contributed by atoms with Gasteiger partial charge in [-0.2, -0.15) is 31.4 Å². The summed E-state index contributed by atoms with van der Waals surface area (Å²) in [6.45, 7) is 0.659. The number of carbonyl (C=O) groups is 1. The van der Waals surface area contributed by atoms with Gasteiger partial charge in [-0.25, -0.2) is 19.5 Å². The van der Waals surface area contributed by atoms with Crippen molar-refractivity contribution in [3.63, 3.8) is 0 Å². The highest BCUT2D eigenvalue weighted by molar-refractivity contribution is 5.79. The van der Waals surface area contributed by atoms with Gasteiger partial charge < -0.3 is 9.80 Å². The van der Waals surface area contributed by atoms with Crippen molar-refractivity contribution in [2.24, 2.45) is 0 Å². The quantitative estimate of drug-likeness (QED) is 0.481. The van der Waals surface area contributed by atoms with E-state index in [0.29, 0.717) is 29.6 Å². The maximum absolute atomic E-state index is 13.9. The minimum Gasteiger partial charge on any atom is -0.338 e. The molecule has 2 aliphatic rings. The van der Waals surface area contributed by atoms with Crippen molar-refractivity contribution in [3.05, 3.63) is 80.8 Å². The molecule has 3 aromatic rings. The molecule has 4 heterocycles. The van der Waals surface area contributed by atoms with Crippen molar-refractivity contribution in [1.82, 2.24) is 30.0 Å². The van der Waals surface area contributed by atoms with Gasteiger partial charge in [-0.1, -0.05) is 6.07 Å². The number of piperazine rings is 1. The average molecular weight is 571 g/mol. The first-order valence-corrected chi connectivity index (χ1v) is 11.9. The highest BCUT2D eigenvalue weighted by Crippen LogP contribution is 2.39. The third-order valence-electron chi connectivity index (χ3n) is 6.77. The van der Waals surface area contributed by atoms with Crippen LogP contribution in [0.25, 0.3) is 0 Å². The van der Waals surface area contributed by atoms with E-state index in [1.54, 1.807) is 9.80 Å². The van der Waals surface area contributed by atoms with E-state index in [4.69, 9.17) is 0 Å². The summed E-state index contributed by atoms with van der Waals surface area (Å²) < 4.78 is 92.5. The number of rotatable bonds is 4. The Kier molecular flexibility index (Phi) is 6.97. The Morgan fingerprint density at radius 1 is 0.975 bits per heavy atom. The molecule has 0 aliphatic carbocycles. The number of aromatic amines is 1. The van der Waals surface area contributed by atoms with Crippen LogP contribution in [0, 0.1) is 5.82 Å². The second kappa shape index (κ2) is 10.1. The lowest BCUT2D eigenvalue weighted by Gasteiger charge is -2.36. The number of alkyl halides is 6. The molecule has 1 aromatic carbocycles. The third kappa shape index (κ3) is 5.48. The largest absolute Gasteiger partial charge is 0.421 e. The Hall–Kier alpha value is -4.08. The maximum Gasteiger partial charge on any atom is 0.421 e. The van der Waals surface area contributed by atoms with E-state index in [1.807, 2.05) is 5.10 Å². The lowest BCUT2D eigenvalue weighted by Crippen LogP contribution is -2.51. The van der Waals surface area contributed by atoms with Crippen molar-refractivity contribution in [3.8, 4) is 0 Å². The van der Waals surface area contributed by atoms with Crippen molar-refractivity contribution in [1.29, 1.82) is 0 Å². The fourth-order valence-corrected chi connectivity index (χ4v) is 4.81. The van der Waals surface area contributed by atoms with Gasteiger partial charge >= 0.3 is 12.4 Å². The first kappa shape index (κ1) is 27.5. The standard InChI is InChI=1S/C24H20F7N7O2/c25-15-1-2-16-13(7-15)11-38(20(16)18-8-17(24(29,30)31)21(40)35-34-18)12-19(39)36-3-5-37(6-4-36)22-32-9-14(10-33-22)23(26,27)28/h1-2,7-10,20H,3-6,11-12H2,(H,35,40). The van der Waals surface area contributed by atoms with E-state index in [2.05, 4.69) is 15.1 Å². The minimum atomic E-state index is -4.94. The lowest BCUT2D eigenvalue weighted by molar-refractivity contribution is -0.139. The molecule has 0 spiro atoms. The Balaban J connectivity index is 1.31. The summed E-state index contributed by atoms with van der Waals surface area (Å²) in [4.78, 5) is 37.2. The lowest BCUT2D eigenvalue weighted by atomic mass is 10.0. The molecule has 40 heavy (non-hydrogen) atoms. The number of benzene rings is 1. The number of nitrogens with zero attached hydrogens (tertiary/aromatic N) is 6. The molecule has 1 N–H and O–H groups in total. The fourth-order valence-electron chi connectivity index (χ4n) is 4.81. The molecule has 5 rings (SSSR count). The zero-order valence-electron chi connectivity index (χ0n) is 20.4. The van der Waals surface area contributed by atoms with Crippen molar-refractivity contribution >= 4 is 11.9 Å². The summed E-state index contributed by atoms with van der Waals surface area (Å²) in [7, 11) is 0.